The number of carbonyl (C=O) groups is 1. The Bertz CT molecular complexity index is 869. The van der Waals surface area contributed by atoms with Gasteiger partial charge in [-0.3, -0.25) is 4.79 Å². The van der Waals surface area contributed by atoms with Crippen molar-refractivity contribution in [3.63, 3.8) is 0 Å². The summed E-state index contributed by atoms with van der Waals surface area (Å²) in [6.45, 7) is 0.0813. The maximum absolute atomic E-state index is 12.8. The highest BCUT2D eigenvalue weighted by Crippen LogP contribution is 2.35. The molecule has 0 aliphatic carbocycles. The minimum atomic E-state index is -4.77. The Hall–Kier alpha value is -1.62. The average Bonchev–Trinajstić information content (AvgIpc) is 3.05. The van der Waals surface area contributed by atoms with E-state index in [0.29, 0.717) is 12.6 Å². The summed E-state index contributed by atoms with van der Waals surface area (Å²) in [5, 5.41) is 3.88. The molecule has 1 heterocycles. The molecule has 1 aromatic carbocycles. The summed E-state index contributed by atoms with van der Waals surface area (Å²) < 4.78 is 64.8. The minimum absolute atomic E-state index is 0.148. The second-order valence-electron chi connectivity index (χ2n) is 5.14. The van der Waals surface area contributed by atoms with Gasteiger partial charge in [-0.05, 0) is 29.6 Å². The first-order chi connectivity index (χ1) is 12.1. The maximum Gasteiger partial charge on any atom is 0.417 e. The molecule has 1 aromatic heterocycles. The van der Waals surface area contributed by atoms with Crippen molar-refractivity contribution in [2.45, 2.75) is 24.0 Å². The van der Waals surface area contributed by atoms with Crippen LogP contribution in [0.4, 0.5) is 13.2 Å². The van der Waals surface area contributed by atoms with E-state index in [0.717, 1.165) is 17.0 Å². The highest BCUT2D eigenvalue weighted by molar-refractivity contribution is 7.89. The highest BCUT2D eigenvalue weighted by Gasteiger charge is 2.34. The molecule has 0 saturated carbocycles. The SMILES string of the molecule is O=C(CCNS(=O)(=O)c1ccc(Cl)c(C(F)(F)F)c1)NCc1cccs1. The zero-order valence-corrected chi connectivity index (χ0v) is 15.5. The van der Waals surface area contributed by atoms with Crippen molar-refractivity contribution in [2.24, 2.45) is 0 Å². The number of hydrogen-bond acceptors (Lipinski definition) is 4. The molecule has 2 rings (SSSR count). The molecule has 0 unspecified atom stereocenters. The van der Waals surface area contributed by atoms with Gasteiger partial charge in [0, 0.05) is 17.8 Å². The van der Waals surface area contributed by atoms with Gasteiger partial charge >= 0.3 is 6.18 Å². The van der Waals surface area contributed by atoms with Crippen LogP contribution in [0, 0.1) is 0 Å². The Balaban J connectivity index is 1.93. The van der Waals surface area contributed by atoms with Gasteiger partial charge in [-0.25, -0.2) is 13.1 Å². The van der Waals surface area contributed by atoms with Crippen LogP contribution >= 0.6 is 22.9 Å². The molecule has 0 bridgehead atoms. The number of carbonyl (C=O) groups excluding carboxylic acids is 1. The zero-order chi connectivity index (χ0) is 19.4. The van der Waals surface area contributed by atoms with Gasteiger partial charge in [-0.2, -0.15) is 13.2 Å². The fourth-order valence-corrected chi connectivity index (χ4v) is 3.89. The minimum Gasteiger partial charge on any atom is -0.351 e. The number of sulfonamides is 1. The van der Waals surface area contributed by atoms with Crippen LogP contribution in [-0.2, 0) is 27.5 Å². The number of hydrogen-bond donors (Lipinski definition) is 2. The lowest BCUT2D eigenvalue weighted by Crippen LogP contribution is -2.30. The number of alkyl halides is 3. The third kappa shape index (κ3) is 5.70. The van der Waals surface area contributed by atoms with E-state index in [1.54, 1.807) is 0 Å². The van der Waals surface area contributed by atoms with Gasteiger partial charge in [-0.15, -0.1) is 11.3 Å². The van der Waals surface area contributed by atoms with Crippen LogP contribution in [0.15, 0.2) is 40.6 Å². The maximum atomic E-state index is 12.8. The largest absolute Gasteiger partial charge is 0.417 e. The Morgan fingerprint density at radius 3 is 2.58 bits per heavy atom. The summed E-state index contributed by atoms with van der Waals surface area (Å²) in [6.07, 6.45) is -4.92. The number of thiophene rings is 1. The van der Waals surface area contributed by atoms with Crippen LogP contribution in [0.25, 0.3) is 0 Å². The molecule has 11 heteroatoms. The van der Waals surface area contributed by atoms with Crippen LogP contribution in [0.5, 0.6) is 0 Å². The topological polar surface area (TPSA) is 75.3 Å². The number of amides is 1. The monoisotopic (exact) mass is 426 g/mol. The van der Waals surface area contributed by atoms with Crippen LogP contribution in [0.1, 0.15) is 16.9 Å². The first-order valence-electron chi connectivity index (χ1n) is 7.25. The van der Waals surface area contributed by atoms with Gasteiger partial charge in [0.15, 0.2) is 0 Å². The summed E-state index contributed by atoms with van der Waals surface area (Å²) in [4.78, 5) is 12.1. The van der Waals surface area contributed by atoms with Gasteiger partial charge in [0.25, 0.3) is 0 Å². The standard InChI is InChI=1S/C15H14ClF3N2O3S2/c16-13-4-3-11(8-12(13)15(17,18)19)26(23,24)21-6-5-14(22)20-9-10-2-1-7-25-10/h1-4,7-8,21H,5-6,9H2,(H,20,22). The lowest BCUT2D eigenvalue weighted by Gasteiger charge is -2.12. The van der Waals surface area contributed by atoms with Crippen molar-refractivity contribution in [3.8, 4) is 0 Å². The van der Waals surface area contributed by atoms with Crippen molar-refractivity contribution in [2.75, 3.05) is 6.54 Å². The molecule has 0 fully saturated rings. The van der Waals surface area contributed by atoms with Crippen molar-refractivity contribution in [1.82, 2.24) is 10.0 Å². The van der Waals surface area contributed by atoms with E-state index in [4.69, 9.17) is 11.6 Å². The highest BCUT2D eigenvalue weighted by atomic mass is 35.5. The van der Waals surface area contributed by atoms with E-state index in [9.17, 15) is 26.4 Å². The van der Waals surface area contributed by atoms with Crippen molar-refractivity contribution in [1.29, 1.82) is 0 Å². The molecule has 0 atom stereocenters. The number of nitrogens with one attached hydrogen (secondary N) is 2. The third-order valence-corrected chi connectivity index (χ3v) is 5.90. The number of benzene rings is 1. The summed E-state index contributed by atoms with van der Waals surface area (Å²) in [5.41, 5.74) is -1.24. The summed E-state index contributed by atoms with van der Waals surface area (Å²) in [7, 11) is -4.20. The predicted molar refractivity (Wildman–Crippen MR) is 92.4 cm³/mol. The smallest absolute Gasteiger partial charge is 0.351 e. The van der Waals surface area contributed by atoms with E-state index in [-0.39, 0.29) is 18.9 Å². The Morgan fingerprint density at radius 2 is 1.96 bits per heavy atom. The van der Waals surface area contributed by atoms with E-state index >= 15 is 0 Å². The van der Waals surface area contributed by atoms with Crippen molar-refractivity contribution >= 4 is 38.9 Å². The average molecular weight is 427 g/mol. The molecule has 142 valence electrons. The molecule has 2 aromatic rings. The molecule has 0 aliphatic rings. The molecule has 0 saturated heterocycles. The number of rotatable bonds is 7. The number of halogens is 4. The first kappa shape index (κ1) is 20.7. The van der Waals surface area contributed by atoms with E-state index in [1.165, 1.54) is 11.3 Å². The van der Waals surface area contributed by atoms with E-state index in [2.05, 4.69) is 10.0 Å². The first-order valence-corrected chi connectivity index (χ1v) is 9.99. The Kier molecular flexibility index (Phi) is 6.67. The molecular formula is C15H14ClF3N2O3S2. The van der Waals surface area contributed by atoms with Crippen LogP contribution in [0.2, 0.25) is 5.02 Å². The molecule has 2 N–H and O–H groups in total. The van der Waals surface area contributed by atoms with Crippen molar-refractivity contribution < 1.29 is 26.4 Å². The van der Waals surface area contributed by atoms with Crippen LogP contribution < -0.4 is 10.0 Å². The summed E-state index contributed by atoms with van der Waals surface area (Å²) in [5.74, 6) is -0.381. The summed E-state index contributed by atoms with van der Waals surface area (Å²) in [6, 6.07) is 5.97. The molecule has 0 spiro atoms. The van der Waals surface area contributed by atoms with Gasteiger partial charge in [0.1, 0.15) is 0 Å². The van der Waals surface area contributed by atoms with Gasteiger partial charge in [0.05, 0.1) is 22.0 Å². The Morgan fingerprint density at radius 1 is 1.23 bits per heavy atom. The quantitative estimate of drug-likeness (QED) is 0.712. The molecular weight excluding hydrogens is 413 g/mol. The molecule has 26 heavy (non-hydrogen) atoms. The molecule has 5 nitrogen and oxygen atoms in total. The van der Waals surface area contributed by atoms with Crippen LogP contribution in [0.3, 0.4) is 0 Å². The summed E-state index contributed by atoms with van der Waals surface area (Å²) >= 11 is 6.93. The van der Waals surface area contributed by atoms with Gasteiger partial charge in [-0.1, -0.05) is 17.7 Å². The zero-order valence-electron chi connectivity index (χ0n) is 13.1. The molecule has 1 amide bonds. The van der Waals surface area contributed by atoms with Crippen LogP contribution in [-0.4, -0.2) is 20.9 Å². The fourth-order valence-electron chi connectivity index (χ4n) is 1.96. The predicted octanol–water partition coefficient (Wildman–Crippen LogP) is 3.41. The Labute approximate surface area is 157 Å². The molecule has 0 aliphatic heterocycles. The second-order valence-corrected chi connectivity index (χ2v) is 8.35. The molecule has 0 radical (unpaired) electrons. The van der Waals surface area contributed by atoms with Gasteiger partial charge in [0.2, 0.25) is 15.9 Å². The van der Waals surface area contributed by atoms with E-state index < -0.39 is 31.7 Å². The fraction of sp³-hybridized carbons (Fsp3) is 0.267. The van der Waals surface area contributed by atoms with E-state index in [1.807, 2.05) is 17.5 Å². The van der Waals surface area contributed by atoms with Gasteiger partial charge < -0.3 is 5.32 Å². The lowest BCUT2D eigenvalue weighted by molar-refractivity contribution is -0.137. The lowest BCUT2D eigenvalue weighted by atomic mass is 10.2. The normalized spacial score (nSPS) is 12.2. The van der Waals surface area contributed by atoms with Crippen molar-refractivity contribution in [3.05, 3.63) is 51.2 Å². The third-order valence-electron chi connectivity index (χ3n) is 3.24. The second kappa shape index (κ2) is 8.38.